The van der Waals surface area contributed by atoms with Gasteiger partial charge in [-0.2, -0.15) is 0 Å². The normalized spacial score (nSPS) is 13.6. The molecule has 0 radical (unpaired) electrons. The van der Waals surface area contributed by atoms with Crippen molar-refractivity contribution in [1.29, 1.82) is 0 Å². The third-order valence-corrected chi connectivity index (χ3v) is 12.8. The molecule has 2 atom stereocenters. The molecule has 0 saturated heterocycles. The van der Waals surface area contributed by atoms with Gasteiger partial charge in [0.2, 0.25) is 0 Å². The van der Waals surface area contributed by atoms with E-state index in [2.05, 4.69) is 86.8 Å². The molecule has 0 fully saturated rings. The quantitative estimate of drug-likeness (QED) is 0.0264. The largest absolute Gasteiger partial charge is 0.472 e. The van der Waals surface area contributed by atoms with Gasteiger partial charge in [-0.25, -0.2) is 4.57 Å². The van der Waals surface area contributed by atoms with Crippen LogP contribution in [0, 0.1) is 0 Å². The van der Waals surface area contributed by atoms with Crippen LogP contribution in [-0.2, 0) is 32.7 Å². The topological polar surface area (TPSA) is 134 Å². The van der Waals surface area contributed by atoms with Crippen LogP contribution in [0.1, 0.15) is 251 Å². The molecule has 0 aromatic carbocycles. The Morgan fingerprint density at radius 1 is 0.456 bits per heavy atom. The smallest absolute Gasteiger partial charge is 0.462 e. The van der Waals surface area contributed by atoms with Gasteiger partial charge >= 0.3 is 19.8 Å². The molecule has 0 rings (SSSR count). The molecule has 0 saturated carbocycles. The van der Waals surface area contributed by atoms with Crippen molar-refractivity contribution in [2.45, 2.75) is 258 Å². The second-order valence-corrected chi connectivity index (χ2v) is 19.9. The first-order chi connectivity index (χ1) is 33.3. The number of phosphoric ester groups is 1. The zero-order valence-electron chi connectivity index (χ0n) is 43.8. The number of esters is 2. The van der Waals surface area contributed by atoms with Gasteiger partial charge < -0.3 is 20.1 Å². The van der Waals surface area contributed by atoms with Crippen LogP contribution >= 0.6 is 7.82 Å². The minimum Gasteiger partial charge on any atom is -0.462 e. The maximum absolute atomic E-state index is 12.7. The van der Waals surface area contributed by atoms with Crippen LogP contribution in [0.25, 0.3) is 0 Å². The Bertz CT molecular complexity index is 1340. The van der Waals surface area contributed by atoms with Gasteiger partial charge in [0.15, 0.2) is 6.10 Å². The minimum atomic E-state index is -4.39. The van der Waals surface area contributed by atoms with Gasteiger partial charge in [0.1, 0.15) is 6.61 Å². The van der Waals surface area contributed by atoms with E-state index >= 15 is 0 Å². The predicted molar refractivity (Wildman–Crippen MR) is 289 cm³/mol. The average Bonchev–Trinajstić information content (AvgIpc) is 3.33. The summed E-state index contributed by atoms with van der Waals surface area (Å²) < 4.78 is 33.0. The van der Waals surface area contributed by atoms with E-state index in [0.29, 0.717) is 6.42 Å². The summed E-state index contributed by atoms with van der Waals surface area (Å²) in [6.45, 7) is 3.65. The maximum atomic E-state index is 12.7. The molecule has 0 aliphatic heterocycles. The van der Waals surface area contributed by atoms with E-state index in [1.54, 1.807) is 0 Å². The fourth-order valence-electron chi connectivity index (χ4n) is 7.76. The first kappa shape index (κ1) is 65.5. The van der Waals surface area contributed by atoms with Crippen LogP contribution in [0.2, 0.25) is 0 Å². The Labute approximate surface area is 418 Å². The standard InChI is InChI=1S/C58H104NO8P/c1-3-5-7-9-11-13-15-17-19-21-22-23-24-25-26-27-28-29-30-31-32-33-34-35-37-39-41-43-45-47-49-51-58(61)67-56(55-66-68(62,63)65-53-52-59)54-64-57(60)50-48-46-44-42-40-38-36-20-18-16-14-12-10-8-6-4-2/h5,7,11,13,17,19,22-23,25-26,28-29,56H,3-4,6,8-10,12,14-16,18,20-21,24,27,30-55,59H2,1-2H3,(H,62,63)/b7-5-,13-11-,19-17-,23-22-,26-25-,29-28-. The fourth-order valence-corrected chi connectivity index (χ4v) is 8.52. The van der Waals surface area contributed by atoms with Gasteiger partial charge in [0.25, 0.3) is 0 Å². The lowest BCUT2D eigenvalue weighted by Gasteiger charge is -2.19. The second kappa shape index (κ2) is 53.8. The van der Waals surface area contributed by atoms with Crippen molar-refractivity contribution in [3.63, 3.8) is 0 Å². The SMILES string of the molecule is CC/C=C\C/C=C\C/C=C\C/C=C\C/C=C\C/C=C\CCCCCCCCCCCCCCC(=O)OC(COC(=O)CCCCCCCCCCCCCCCCCC)COP(=O)(O)OCCN. The van der Waals surface area contributed by atoms with Crippen molar-refractivity contribution in [3.8, 4) is 0 Å². The van der Waals surface area contributed by atoms with Crippen molar-refractivity contribution < 1.29 is 37.6 Å². The highest BCUT2D eigenvalue weighted by Gasteiger charge is 2.26. The molecule has 9 nitrogen and oxygen atoms in total. The van der Waals surface area contributed by atoms with Gasteiger partial charge in [0.05, 0.1) is 13.2 Å². The van der Waals surface area contributed by atoms with Crippen LogP contribution in [0.15, 0.2) is 72.9 Å². The number of nitrogens with two attached hydrogens (primary N) is 1. The third kappa shape index (κ3) is 52.8. The Morgan fingerprint density at radius 2 is 0.809 bits per heavy atom. The predicted octanol–water partition coefficient (Wildman–Crippen LogP) is 17.3. The van der Waals surface area contributed by atoms with Crippen molar-refractivity contribution >= 4 is 19.8 Å². The van der Waals surface area contributed by atoms with E-state index in [1.807, 2.05) is 0 Å². The number of ether oxygens (including phenoxy) is 2. The Kier molecular flexibility index (Phi) is 51.8. The van der Waals surface area contributed by atoms with Crippen LogP contribution < -0.4 is 5.73 Å². The lowest BCUT2D eigenvalue weighted by Crippen LogP contribution is -2.29. The Balaban J connectivity index is 3.96. The number of allylic oxidation sites excluding steroid dienone is 12. The highest BCUT2D eigenvalue weighted by Crippen LogP contribution is 2.43. The van der Waals surface area contributed by atoms with E-state index < -0.39 is 26.5 Å². The summed E-state index contributed by atoms with van der Waals surface area (Å²) in [7, 11) is -4.39. The summed E-state index contributed by atoms with van der Waals surface area (Å²) in [5.41, 5.74) is 5.37. The van der Waals surface area contributed by atoms with Crippen LogP contribution in [0.3, 0.4) is 0 Å². The van der Waals surface area contributed by atoms with Crippen molar-refractivity contribution in [2.75, 3.05) is 26.4 Å². The molecule has 0 aliphatic rings. The summed E-state index contributed by atoms with van der Waals surface area (Å²) in [4.78, 5) is 35.1. The molecule has 0 aliphatic carbocycles. The summed E-state index contributed by atoms with van der Waals surface area (Å²) in [5.74, 6) is -0.823. The molecule has 68 heavy (non-hydrogen) atoms. The number of phosphoric acid groups is 1. The molecule has 0 aromatic heterocycles. The van der Waals surface area contributed by atoms with E-state index in [0.717, 1.165) is 77.0 Å². The molecule has 0 aromatic rings. The number of rotatable bonds is 52. The zero-order chi connectivity index (χ0) is 49.5. The highest BCUT2D eigenvalue weighted by molar-refractivity contribution is 7.47. The van der Waals surface area contributed by atoms with Gasteiger partial charge in [-0.05, 0) is 64.2 Å². The molecule has 0 spiro atoms. The molecule has 2 unspecified atom stereocenters. The Morgan fingerprint density at radius 3 is 1.21 bits per heavy atom. The second-order valence-electron chi connectivity index (χ2n) is 18.4. The van der Waals surface area contributed by atoms with E-state index in [-0.39, 0.29) is 38.6 Å². The van der Waals surface area contributed by atoms with Crippen molar-refractivity contribution in [3.05, 3.63) is 72.9 Å². The first-order valence-electron chi connectivity index (χ1n) is 27.9. The lowest BCUT2D eigenvalue weighted by atomic mass is 10.0. The van der Waals surface area contributed by atoms with Gasteiger partial charge in [-0.3, -0.25) is 18.6 Å². The van der Waals surface area contributed by atoms with Crippen LogP contribution in [0.5, 0.6) is 0 Å². The average molecular weight is 974 g/mol. The molecular weight excluding hydrogens is 870 g/mol. The minimum absolute atomic E-state index is 0.0522. The first-order valence-corrected chi connectivity index (χ1v) is 29.4. The van der Waals surface area contributed by atoms with Crippen LogP contribution in [-0.4, -0.2) is 49.3 Å². The molecule has 0 heterocycles. The summed E-state index contributed by atoms with van der Waals surface area (Å²) in [6, 6.07) is 0. The van der Waals surface area contributed by atoms with E-state index in [1.165, 1.54) is 141 Å². The summed E-state index contributed by atoms with van der Waals surface area (Å²) in [5, 5.41) is 0. The van der Waals surface area contributed by atoms with E-state index in [9.17, 15) is 19.0 Å². The number of carbonyl (C=O) groups is 2. The molecule has 0 amide bonds. The van der Waals surface area contributed by atoms with Gasteiger partial charge in [0, 0.05) is 19.4 Å². The number of carbonyl (C=O) groups excluding carboxylic acids is 2. The summed E-state index contributed by atoms with van der Waals surface area (Å²) in [6.07, 6.45) is 68.1. The van der Waals surface area contributed by atoms with E-state index in [4.69, 9.17) is 24.3 Å². The third-order valence-electron chi connectivity index (χ3n) is 11.9. The lowest BCUT2D eigenvalue weighted by molar-refractivity contribution is -0.161. The maximum Gasteiger partial charge on any atom is 0.472 e. The highest BCUT2D eigenvalue weighted by atomic mass is 31.2. The van der Waals surface area contributed by atoms with Crippen LogP contribution in [0.4, 0.5) is 0 Å². The van der Waals surface area contributed by atoms with Crippen molar-refractivity contribution in [2.24, 2.45) is 5.73 Å². The molecule has 394 valence electrons. The monoisotopic (exact) mass is 974 g/mol. The number of unbranched alkanes of at least 4 members (excludes halogenated alkanes) is 27. The Hall–Kier alpha value is -2.55. The van der Waals surface area contributed by atoms with Gasteiger partial charge in [-0.15, -0.1) is 0 Å². The number of hydrogen-bond donors (Lipinski definition) is 2. The molecule has 0 bridgehead atoms. The molecular formula is C58H104NO8P. The fraction of sp³-hybridized carbons (Fsp3) is 0.759. The molecule has 10 heteroatoms. The summed E-state index contributed by atoms with van der Waals surface area (Å²) >= 11 is 0. The number of hydrogen-bond acceptors (Lipinski definition) is 8. The molecule has 3 N–H and O–H groups in total. The van der Waals surface area contributed by atoms with Crippen molar-refractivity contribution in [1.82, 2.24) is 0 Å². The van der Waals surface area contributed by atoms with Gasteiger partial charge in [-0.1, -0.05) is 247 Å². The zero-order valence-corrected chi connectivity index (χ0v) is 44.7.